The lowest BCUT2D eigenvalue weighted by Crippen LogP contribution is -2.43. The Kier molecular flexibility index (Phi) is 7.67. The fraction of sp³-hybridized carbons (Fsp3) is 0.409. The van der Waals surface area contributed by atoms with Gasteiger partial charge in [-0.25, -0.2) is 8.42 Å². The van der Waals surface area contributed by atoms with Crippen molar-refractivity contribution in [2.45, 2.75) is 56.1 Å². The van der Waals surface area contributed by atoms with Crippen LogP contribution in [0.25, 0.3) is 0 Å². The summed E-state index contributed by atoms with van der Waals surface area (Å²) in [6.07, 6.45) is 4.80. The number of hydrogen-bond acceptors (Lipinski definition) is 5. The molecule has 0 aromatic heterocycles. The maximum Gasteiger partial charge on any atom is 0.261 e. The standard InChI is InChI=1S/C22H27ClN2O5S/c1-15(22(26)24-16-6-4-3-5-7-16)30-18-9-11-19(12-10-18)31(27,28)25-17-8-13-21(29-2)20(23)14-17/h8-16,25H,3-7H2,1-2H3,(H,24,26)/t15-/m1/s1. The van der Waals surface area contributed by atoms with Gasteiger partial charge in [0.25, 0.3) is 15.9 Å². The monoisotopic (exact) mass is 466 g/mol. The van der Waals surface area contributed by atoms with Gasteiger partial charge in [-0.15, -0.1) is 0 Å². The summed E-state index contributed by atoms with van der Waals surface area (Å²) in [5, 5.41) is 3.32. The van der Waals surface area contributed by atoms with E-state index < -0.39 is 16.1 Å². The third-order valence-corrected chi connectivity index (χ3v) is 6.86. The Morgan fingerprint density at radius 1 is 1.10 bits per heavy atom. The Hall–Kier alpha value is -2.45. The van der Waals surface area contributed by atoms with Gasteiger partial charge in [-0.05, 0) is 62.2 Å². The molecule has 2 N–H and O–H groups in total. The van der Waals surface area contributed by atoms with E-state index in [9.17, 15) is 13.2 Å². The van der Waals surface area contributed by atoms with Crippen LogP contribution in [0.5, 0.6) is 11.5 Å². The molecule has 1 aliphatic rings. The first-order chi connectivity index (χ1) is 14.8. The molecular formula is C22H27ClN2O5S. The van der Waals surface area contributed by atoms with Gasteiger partial charge in [-0.1, -0.05) is 30.9 Å². The molecule has 0 spiro atoms. The number of halogens is 1. The molecule has 31 heavy (non-hydrogen) atoms. The van der Waals surface area contributed by atoms with Crippen LogP contribution in [0.4, 0.5) is 5.69 Å². The minimum absolute atomic E-state index is 0.0612. The number of anilines is 1. The van der Waals surface area contributed by atoms with Crippen molar-refractivity contribution in [3.63, 3.8) is 0 Å². The Bertz CT molecular complexity index is 1010. The quantitative estimate of drug-likeness (QED) is 0.602. The van der Waals surface area contributed by atoms with E-state index in [2.05, 4.69) is 10.0 Å². The number of carbonyl (C=O) groups is 1. The summed E-state index contributed by atoms with van der Waals surface area (Å²) < 4.78 is 38.5. The molecule has 0 unspecified atom stereocenters. The van der Waals surface area contributed by atoms with Crippen molar-refractivity contribution in [1.29, 1.82) is 0 Å². The van der Waals surface area contributed by atoms with Gasteiger partial charge in [0.15, 0.2) is 6.10 Å². The molecule has 0 saturated heterocycles. The third-order valence-electron chi connectivity index (χ3n) is 5.17. The molecule has 9 heteroatoms. The summed E-state index contributed by atoms with van der Waals surface area (Å²) in [4.78, 5) is 12.4. The van der Waals surface area contributed by atoms with Gasteiger partial charge in [0.2, 0.25) is 0 Å². The molecular weight excluding hydrogens is 440 g/mol. The average molecular weight is 467 g/mol. The van der Waals surface area contributed by atoms with Gasteiger partial charge in [0.05, 0.1) is 22.7 Å². The first-order valence-electron chi connectivity index (χ1n) is 10.2. The number of carbonyl (C=O) groups excluding carboxylic acids is 1. The minimum atomic E-state index is -3.81. The normalized spacial score (nSPS) is 15.7. The molecule has 0 aliphatic heterocycles. The zero-order valence-electron chi connectivity index (χ0n) is 17.6. The molecule has 3 rings (SSSR count). The number of benzene rings is 2. The fourth-order valence-corrected chi connectivity index (χ4v) is 4.77. The second-order valence-corrected chi connectivity index (χ2v) is 9.62. The van der Waals surface area contributed by atoms with Crippen LogP contribution in [-0.4, -0.2) is 33.6 Å². The topological polar surface area (TPSA) is 93.7 Å². The van der Waals surface area contributed by atoms with E-state index in [0.29, 0.717) is 22.2 Å². The van der Waals surface area contributed by atoms with Crippen LogP contribution >= 0.6 is 11.6 Å². The van der Waals surface area contributed by atoms with Crippen LogP contribution in [0.2, 0.25) is 5.02 Å². The number of rotatable bonds is 8. The Morgan fingerprint density at radius 2 is 1.77 bits per heavy atom. The van der Waals surface area contributed by atoms with Crippen molar-refractivity contribution in [1.82, 2.24) is 5.32 Å². The van der Waals surface area contributed by atoms with Crippen molar-refractivity contribution in [3.05, 3.63) is 47.5 Å². The van der Waals surface area contributed by atoms with Gasteiger partial charge in [0, 0.05) is 6.04 Å². The molecule has 1 amide bonds. The lowest BCUT2D eigenvalue weighted by molar-refractivity contribution is -0.128. The number of methoxy groups -OCH3 is 1. The number of nitrogens with one attached hydrogen (secondary N) is 2. The van der Waals surface area contributed by atoms with Crippen LogP contribution in [0.15, 0.2) is 47.4 Å². The van der Waals surface area contributed by atoms with Crippen molar-refractivity contribution in [2.75, 3.05) is 11.8 Å². The van der Waals surface area contributed by atoms with Gasteiger partial charge < -0.3 is 14.8 Å². The minimum Gasteiger partial charge on any atom is -0.495 e. The summed E-state index contributed by atoms with van der Waals surface area (Å²) in [6, 6.07) is 10.7. The Morgan fingerprint density at radius 3 is 2.39 bits per heavy atom. The maximum atomic E-state index is 12.6. The van der Waals surface area contributed by atoms with Crippen molar-refractivity contribution >= 4 is 33.2 Å². The van der Waals surface area contributed by atoms with Crippen LogP contribution in [-0.2, 0) is 14.8 Å². The van der Waals surface area contributed by atoms with E-state index in [1.807, 2.05) is 0 Å². The van der Waals surface area contributed by atoms with E-state index >= 15 is 0 Å². The lowest BCUT2D eigenvalue weighted by atomic mass is 9.95. The highest BCUT2D eigenvalue weighted by molar-refractivity contribution is 7.92. The number of hydrogen-bond donors (Lipinski definition) is 2. The maximum absolute atomic E-state index is 12.6. The van der Waals surface area contributed by atoms with E-state index in [1.165, 1.54) is 43.9 Å². The van der Waals surface area contributed by atoms with Crippen LogP contribution in [0.1, 0.15) is 39.0 Å². The number of amides is 1. The van der Waals surface area contributed by atoms with Gasteiger partial charge in [-0.2, -0.15) is 0 Å². The number of ether oxygens (including phenoxy) is 2. The SMILES string of the molecule is COc1ccc(NS(=O)(=O)c2ccc(O[C@H](C)C(=O)NC3CCCCC3)cc2)cc1Cl. The highest BCUT2D eigenvalue weighted by Crippen LogP contribution is 2.28. The summed E-state index contributed by atoms with van der Waals surface area (Å²) in [7, 11) is -2.33. The molecule has 168 valence electrons. The van der Waals surface area contributed by atoms with E-state index in [0.717, 1.165) is 25.7 Å². The molecule has 1 atom stereocenters. The largest absolute Gasteiger partial charge is 0.495 e. The molecule has 2 aromatic rings. The molecule has 1 fully saturated rings. The predicted molar refractivity (Wildman–Crippen MR) is 120 cm³/mol. The predicted octanol–water partition coefficient (Wildman–Crippen LogP) is 4.37. The number of sulfonamides is 1. The summed E-state index contributed by atoms with van der Waals surface area (Å²) >= 11 is 6.05. The van der Waals surface area contributed by atoms with E-state index in [-0.39, 0.29) is 16.8 Å². The lowest BCUT2D eigenvalue weighted by Gasteiger charge is -2.24. The van der Waals surface area contributed by atoms with Crippen molar-refractivity contribution < 1.29 is 22.7 Å². The molecule has 0 radical (unpaired) electrons. The van der Waals surface area contributed by atoms with Crippen molar-refractivity contribution in [3.8, 4) is 11.5 Å². The molecule has 7 nitrogen and oxygen atoms in total. The first kappa shape index (κ1) is 23.2. The van der Waals surface area contributed by atoms with E-state index in [4.69, 9.17) is 21.1 Å². The van der Waals surface area contributed by atoms with E-state index in [1.54, 1.807) is 19.1 Å². The fourth-order valence-electron chi connectivity index (χ4n) is 3.46. The smallest absolute Gasteiger partial charge is 0.261 e. The average Bonchev–Trinajstić information content (AvgIpc) is 2.74. The summed E-state index contributed by atoms with van der Waals surface area (Å²) in [5.41, 5.74) is 0.319. The first-order valence-corrected chi connectivity index (χ1v) is 12.1. The van der Waals surface area contributed by atoms with Crippen LogP contribution in [0.3, 0.4) is 0 Å². The van der Waals surface area contributed by atoms with Crippen LogP contribution in [0, 0.1) is 0 Å². The highest BCUT2D eigenvalue weighted by Gasteiger charge is 2.21. The zero-order chi connectivity index (χ0) is 22.4. The molecule has 1 saturated carbocycles. The second-order valence-electron chi connectivity index (χ2n) is 7.53. The molecule has 0 heterocycles. The summed E-state index contributed by atoms with van der Waals surface area (Å²) in [6.45, 7) is 1.68. The zero-order valence-corrected chi connectivity index (χ0v) is 19.1. The highest BCUT2D eigenvalue weighted by atomic mass is 35.5. The van der Waals surface area contributed by atoms with Crippen molar-refractivity contribution in [2.24, 2.45) is 0 Å². The third kappa shape index (κ3) is 6.27. The summed E-state index contributed by atoms with van der Waals surface area (Å²) in [5.74, 6) is 0.701. The van der Waals surface area contributed by atoms with Gasteiger partial charge in [-0.3, -0.25) is 9.52 Å². The Labute approximate surface area is 188 Å². The van der Waals surface area contributed by atoms with Gasteiger partial charge in [0.1, 0.15) is 11.5 Å². The molecule has 0 bridgehead atoms. The Balaban J connectivity index is 1.60. The van der Waals surface area contributed by atoms with Crippen LogP contribution < -0.4 is 19.5 Å². The molecule has 2 aromatic carbocycles. The van der Waals surface area contributed by atoms with Gasteiger partial charge >= 0.3 is 0 Å². The second kappa shape index (κ2) is 10.2. The molecule has 1 aliphatic carbocycles.